The predicted octanol–water partition coefficient (Wildman–Crippen LogP) is 13.2. The average Bonchev–Trinajstić information content (AvgIpc) is 3.81. The molecular formula is C56H42N3+. The number of hydrogen-bond acceptors (Lipinski definition) is 2. The van der Waals surface area contributed by atoms with Gasteiger partial charge in [-0.2, -0.15) is 0 Å². The molecule has 0 saturated carbocycles. The van der Waals surface area contributed by atoms with E-state index in [1.54, 1.807) is 0 Å². The maximum absolute atomic E-state index is 5.60. The fraction of sp³-hybridized carbons (Fsp3) is 0.0714. The van der Waals surface area contributed by atoms with Gasteiger partial charge in [0, 0.05) is 34.0 Å². The highest BCUT2D eigenvalue weighted by Gasteiger charge is 2.38. The Balaban J connectivity index is 1.24. The molecular weight excluding hydrogens is 715 g/mol. The van der Waals surface area contributed by atoms with Crippen LogP contribution in [0.2, 0.25) is 0 Å². The molecule has 0 radical (unpaired) electrons. The van der Waals surface area contributed by atoms with Crippen molar-refractivity contribution in [2.75, 3.05) is 4.90 Å². The molecule has 11 rings (SSSR count). The van der Waals surface area contributed by atoms with Crippen molar-refractivity contribution in [3.63, 3.8) is 0 Å². The zero-order chi connectivity index (χ0) is 39.5. The van der Waals surface area contributed by atoms with Crippen molar-refractivity contribution in [3.05, 3.63) is 240 Å². The van der Waals surface area contributed by atoms with Gasteiger partial charge in [-0.25, -0.2) is 0 Å². The summed E-state index contributed by atoms with van der Waals surface area (Å²) < 4.78 is 2.22. The molecule has 1 aromatic heterocycles. The third-order valence-electron chi connectivity index (χ3n) is 12.3. The molecule has 2 heterocycles. The summed E-state index contributed by atoms with van der Waals surface area (Å²) >= 11 is 0. The molecule has 8 aromatic carbocycles. The van der Waals surface area contributed by atoms with Gasteiger partial charge >= 0.3 is 0 Å². The van der Waals surface area contributed by atoms with Crippen LogP contribution in [0.3, 0.4) is 0 Å². The molecule has 1 aliphatic carbocycles. The first-order valence-corrected chi connectivity index (χ1v) is 20.5. The number of aromatic nitrogens is 1. The van der Waals surface area contributed by atoms with E-state index in [4.69, 9.17) is 5.11 Å². The number of benzene rings is 8. The van der Waals surface area contributed by atoms with Gasteiger partial charge in [0.05, 0.1) is 16.6 Å². The van der Waals surface area contributed by atoms with Crippen LogP contribution in [0.1, 0.15) is 42.1 Å². The van der Waals surface area contributed by atoms with Gasteiger partial charge in [-0.05, 0) is 96.3 Å². The van der Waals surface area contributed by atoms with E-state index < -0.39 is 0 Å². The van der Waals surface area contributed by atoms with Gasteiger partial charge in [0.25, 0.3) is 5.35 Å². The molecule has 3 heteroatoms. The summed E-state index contributed by atoms with van der Waals surface area (Å²) in [4.78, 5) is 2.48. The molecule has 0 saturated heterocycles. The summed E-state index contributed by atoms with van der Waals surface area (Å²) in [6, 6.07) is 76.9. The first-order chi connectivity index (χ1) is 29.0. The Kier molecular flexibility index (Phi) is 8.23. The lowest BCUT2D eigenvalue weighted by atomic mass is 9.82. The highest BCUT2D eigenvalue weighted by Crippen LogP contribution is 2.54. The maximum Gasteiger partial charge on any atom is 0.252 e. The maximum atomic E-state index is 5.60. The van der Waals surface area contributed by atoms with E-state index in [0.29, 0.717) is 0 Å². The van der Waals surface area contributed by atoms with Gasteiger partial charge in [0.15, 0.2) is 6.04 Å². The molecule has 1 aliphatic heterocycles. The third kappa shape index (κ3) is 5.73. The summed E-state index contributed by atoms with van der Waals surface area (Å²) in [6.07, 6.45) is 0. The molecule has 9 aromatic rings. The zero-order valence-corrected chi connectivity index (χ0v) is 33.1. The van der Waals surface area contributed by atoms with Gasteiger partial charge < -0.3 is 4.90 Å². The van der Waals surface area contributed by atoms with Crippen molar-refractivity contribution in [3.8, 4) is 33.5 Å². The van der Waals surface area contributed by atoms with Gasteiger partial charge in [-0.1, -0.05) is 178 Å². The van der Waals surface area contributed by atoms with Gasteiger partial charge in [0.2, 0.25) is 5.69 Å². The minimum atomic E-state index is -0.190. The second-order valence-electron chi connectivity index (χ2n) is 16.2. The van der Waals surface area contributed by atoms with Crippen LogP contribution in [-0.2, 0) is 5.41 Å². The Hall–Kier alpha value is -7.36. The smallest absolute Gasteiger partial charge is 0.252 e. The van der Waals surface area contributed by atoms with Crippen molar-refractivity contribution >= 4 is 33.4 Å². The van der Waals surface area contributed by atoms with E-state index >= 15 is 0 Å². The van der Waals surface area contributed by atoms with Gasteiger partial charge in [0.1, 0.15) is 0 Å². The van der Waals surface area contributed by atoms with Crippen LogP contribution < -0.4 is 14.6 Å². The molecule has 0 bridgehead atoms. The lowest BCUT2D eigenvalue weighted by molar-refractivity contribution is -0.546. The second-order valence-corrected chi connectivity index (χ2v) is 16.2. The summed E-state index contributed by atoms with van der Waals surface area (Å²) in [5, 5.41) is 9.03. The van der Waals surface area contributed by atoms with Crippen LogP contribution >= 0.6 is 0 Å². The summed E-state index contributed by atoms with van der Waals surface area (Å²) in [6.45, 7) is 4.71. The summed E-state index contributed by atoms with van der Waals surface area (Å²) in [7, 11) is 0. The molecule has 280 valence electrons. The van der Waals surface area contributed by atoms with E-state index in [0.717, 1.165) is 39.1 Å². The zero-order valence-electron chi connectivity index (χ0n) is 33.1. The van der Waals surface area contributed by atoms with Gasteiger partial charge in [-0.15, -0.1) is 0 Å². The number of rotatable bonds is 7. The average molecular weight is 757 g/mol. The quantitative estimate of drug-likeness (QED) is 0.148. The minimum Gasteiger partial charge on any atom is -0.310 e. The number of fused-ring (bicyclic) bond motifs is 6. The molecule has 0 fully saturated rings. The first-order valence-electron chi connectivity index (χ1n) is 20.5. The fourth-order valence-corrected chi connectivity index (χ4v) is 9.54. The van der Waals surface area contributed by atoms with Crippen molar-refractivity contribution in [1.29, 1.82) is 0 Å². The number of pyridine rings is 1. The Morgan fingerprint density at radius 2 is 1.08 bits per heavy atom. The van der Waals surface area contributed by atoms with Crippen molar-refractivity contribution in [1.82, 2.24) is 0 Å². The number of hydrogen-bond donors (Lipinski definition) is 0. The van der Waals surface area contributed by atoms with Gasteiger partial charge in [-0.3, -0.25) is 0 Å². The third-order valence-corrected chi connectivity index (χ3v) is 12.3. The van der Waals surface area contributed by atoms with Crippen LogP contribution in [-0.4, -0.2) is 0 Å². The van der Waals surface area contributed by atoms with Crippen LogP contribution in [0.25, 0.3) is 49.9 Å². The van der Waals surface area contributed by atoms with Crippen LogP contribution in [0.5, 0.6) is 0 Å². The van der Waals surface area contributed by atoms with Crippen LogP contribution in [0, 0.1) is 0 Å². The molecule has 2 aliphatic rings. The Labute approximate surface area is 345 Å². The second kappa shape index (κ2) is 13.9. The molecule has 1 unspecified atom stereocenters. The Bertz CT molecular complexity index is 3170. The van der Waals surface area contributed by atoms with Crippen molar-refractivity contribution in [2.24, 2.45) is 5.11 Å². The lowest BCUT2D eigenvalue weighted by Gasteiger charge is -2.29. The summed E-state index contributed by atoms with van der Waals surface area (Å²) in [5.74, 6) is 0. The predicted molar refractivity (Wildman–Crippen MR) is 243 cm³/mol. The lowest BCUT2D eigenvalue weighted by Crippen LogP contribution is -2.38. The van der Waals surface area contributed by atoms with Crippen LogP contribution in [0.15, 0.2) is 217 Å². The Morgan fingerprint density at radius 3 is 1.83 bits per heavy atom. The Morgan fingerprint density at radius 1 is 0.492 bits per heavy atom. The minimum absolute atomic E-state index is 0.137. The van der Waals surface area contributed by atoms with E-state index in [9.17, 15) is 0 Å². The molecule has 59 heavy (non-hydrogen) atoms. The fourth-order valence-electron chi connectivity index (χ4n) is 9.54. The molecule has 1 atom stereocenters. The number of nitrogens with zero attached hydrogens (tertiary/aromatic N) is 3. The molecule has 0 spiro atoms. The standard InChI is InChI=1S/C56H42N3/c1-56(2)48-30-16-15-29-46(48)53-49(56)31-18-32-50(53)58(44-28-17-27-42(35-44)38-19-7-3-8-20-38)45-34-33-43-36-51(39-21-9-4-10-22-39)59-55(47(43)37-45)52(40-23-11-5-12-24-40)54(57-59)41-25-13-6-14-26-41/h3-37,54H,1-2H3/q+1. The molecule has 0 N–H and O–H groups in total. The van der Waals surface area contributed by atoms with E-state index in [-0.39, 0.29) is 11.5 Å². The first kappa shape index (κ1) is 34.9. The van der Waals surface area contributed by atoms with Crippen molar-refractivity contribution < 1.29 is 4.36 Å². The highest BCUT2D eigenvalue weighted by molar-refractivity contribution is 5.98. The van der Waals surface area contributed by atoms with E-state index in [2.05, 4.69) is 235 Å². The SMILES string of the molecule is CC1(C)c2ccccc2-c2c(N(c3cccc(-c4ccccc4)c3)c3ccc4cc(-c5ccccc5)[n+]5c(c4c3)=C(c3ccccc3)C(c3ccccc3)N=5)cccc21. The normalized spacial score (nSPS) is 14.7. The summed E-state index contributed by atoms with van der Waals surface area (Å²) in [5.41, 5.74) is 16.6. The molecule has 0 amide bonds. The molecule has 3 nitrogen and oxygen atoms in total. The highest BCUT2D eigenvalue weighted by atomic mass is 15.2. The monoisotopic (exact) mass is 756 g/mol. The van der Waals surface area contributed by atoms with Crippen molar-refractivity contribution in [2.45, 2.75) is 25.3 Å². The largest absolute Gasteiger partial charge is 0.310 e. The van der Waals surface area contributed by atoms with E-state index in [1.165, 1.54) is 55.5 Å². The number of anilines is 3. The van der Waals surface area contributed by atoms with Crippen LogP contribution in [0.4, 0.5) is 17.1 Å². The van der Waals surface area contributed by atoms with E-state index in [1.807, 2.05) is 0 Å². The topological polar surface area (TPSA) is 21.5 Å².